The molecule has 1 saturated carbocycles. The van der Waals surface area contributed by atoms with Crippen LogP contribution in [0.2, 0.25) is 0 Å². The summed E-state index contributed by atoms with van der Waals surface area (Å²) in [5, 5.41) is 0. The van der Waals surface area contributed by atoms with Crippen LogP contribution in [0.1, 0.15) is 81.4 Å². The molecule has 1 aliphatic rings. The van der Waals surface area contributed by atoms with Crippen LogP contribution < -0.4 is 4.74 Å². The number of halogens is 5. The third-order valence-electron chi connectivity index (χ3n) is 8.11. The van der Waals surface area contributed by atoms with Gasteiger partial charge in [-0.2, -0.15) is 17.6 Å². The molecule has 1 aliphatic carbocycles. The summed E-state index contributed by atoms with van der Waals surface area (Å²) in [4.78, 5) is 0. The van der Waals surface area contributed by atoms with E-state index in [1.54, 1.807) is 6.92 Å². The number of ether oxygens (including phenoxy) is 1. The number of hydrogen-bond acceptors (Lipinski definition) is 1. The van der Waals surface area contributed by atoms with Crippen molar-refractivity contribution in [2.24, 2.45) is 11.8 Å². The average Bonchev–Trinajstić information content (AvgIpc) is 2.93. The highest BCUT2D eigenvalue weighted by atomic mass is 19.4. The van der Waals surface area contributed by atoms with E-state index in [1.807, 2.05) is 24.3 Å². The van der Waals surface area contributed by atoms with Crippen LogP contribution in [0.5, 0.6) is 11.5 Å². The Morgan fingerprint density at radius 1 is 0.821 bits per heavy atom. The van der Waals surface area contributed by atoms with Gasteiger partial charge in [-0.05, 0) is 78.6 Å². The highest BCUT2D eigenvalue weighted by Crippen LogP contribution is 2.38. The highest BCUT2D eigenvalue weighted by Gasteiger charge is 2.30. The fourth-order valence-electron chi connectivity index (χ4n) is 5.66. The zero-order valence-electron chi connectivity index (χ0n) is 22.7. The number of unbranched alkanes of at least 4 members (excludes halogenated alkanes) is 2. The molecule has 0 aromatic heterocycles. The van der Waals surface area contributed by atoms with Gasteiger partial charge in [-0.3, -0.25) is 0 Å². The molecule has 0 aliphatic heterocycles. The maximum absolute atomic E-state index is 14.7. The fourth-order valence-corrected chi connectivity index (χ4v) is 5.66. The summed E-state index contributed by atoms with van der Waals surface area (Å²) in [6.07, 6.45) is 8.33. The first-order valence-corrected chi connectivity index (χ1v) is 14.1. The number of aryl methyl sites for hydroxylation is 1. The van der Waals surface area contributed by atoms with E-state index < -0.39 is 23.4 Å². The van der Waals surface area contributed by atoms with Crippen LogP contribution >= 0.6 is 0 Å². The summed E-state index contributed by atoms with van der Waals surface area (Å²) < 4.78 is 73.3. The predicted octanol–water partition coefficient (Wildman–Crippen LogP) is 11.1. The van der Waals surface area contributed by atoms with Crippen molar-refractivity contribution in [1.82, 2.24) is 0 Å². The molecule has 0 spiro atoms. The molecule has 4 rings (SSSR count). The molecule has 0 bridgehead atoms. The number of hydrogen-bond donors (Lipinski definition) is 0. The minimum Gasteiger partial charge on any atom is -0.454 e. The first kappa shape index (κ1) is 29.1. The highest BCUT2D eigenvalue weighted by molar-refractivity contribution is 5.70. The van der Waals surface area contributed by atoms with Gasteiger partial charge in [0.1, 0.15) is 5.75 Å². The van der Waals surface area contributed by atoms with Gasteiger partial charge in [-0.25, -0.2) is 4.39 Å². The molecule has 1 fully saturated rings. The molecule has 0 atom stereocenters. The summed E-state index contributed by atoms with van der Waals surface area (Å²) in [6.45, 7) is 3.87. The third-order valence-corrected chi connectivity index (χ3v) is 8.11. The molecule has 0 N–H and O–H groups in total. The molecule has 39 heavy (non-hydrogen) atoms. The zero-order valence-corrected chi connectivity index (χ0v) is 22.7. The van der Waals surface area contributed by atoms with E-state index in [9.17, 15) is 22.0 Å². The van der Waals surface area contributed by atoms with Crippen molar-refractivity contribution in [2.75, 3.05) is 0 Å². The lowest BCUT2D eigenvalue weighted by molar-refractivity contribution is -0.137. The molecule has 210 valence electrons. The van der Waals surface area contributed by atoms with Crippen LogP contribution in [0.15, 0.2) is 54.6 Å². The second-order valence-corrected chi connectivity index (χ2v) is 10.9. The average molecular weight is 545 g/mol. The van der Waals surface area contributed by atoms with Gasteiger partial charge in [0, 0.05) is 5.56 Å². The van der Waals surface area contributed by atoms with Crippen LogP contribution in [-0.2, 0) is 12.6 Å². The Hall–Kier alpha value is -2.89. The monoisotopic (exact) mass is 544 g/mol. The summed E-state index contributed by atoms with van der Waals surface area (Å²) in [6, 6.07) is 12.9. The van der Waals surface area contributed by atoms with Gasteiger partial charge >= 0.3 is 6.18 Å². The lowest BCUT2D eigenvalue weighted by atomic mass is 9.78. The Bertz CT molecular complexity index is 1210. The van der Waals surface area contributed by atoms with E-state index in [0.29, 0.717) is 11.1 Å². The Morgan fingerprint density at radius 3 is 2.03 bits per heavy atom. The smallest absolute Gasteiger partial charge is 0.416 e. The van der Waals surface area contributed by atoms with Gasteiger partial charge in [-0.15, -0.1) is 0 Å². The largest absolute Gasteiger partial charge is 0.454 e. The van der Waals surface area contributed by atoms with Gasteiger partial charge in [0.15, 0.2) is 11.6 Å². The number of alkyl halides is 3. The third kappa shape index (κ3) is 7.61. The van der Waals surface area contributed by atoms with Crippen molar-refractivity contribution in [3.63, 3.8) is 0 Å². The second kappa shape index (κ2) is 13.0. The summed E-state index contributed by atoms with van der Waals surface area (Å²) in [5.74, 6) is -0.921. The van der Waals surface area contributed by atoms with Crippen LogP contribution in [0, 0.1) is 30.4 Å². The first-order chi connectivity index (χ1) is 18.7. The summed E-state index contributed by atoms with van der Waals surface area (Å²) in [7, 11) is 0. The number of rotatable bonds is 10. The summed E-state index contributed by atoms with van der Waals surface area (Å²) in [5.41, 5.74) is 1.94. The molecule has 1 nitrogen and oxygen atoms in total. The standard InChI is InChI=1S/C33H37F5O/c1-3-4-5-6-23-7-9-24(10-8-23)11-12-25-13-15-26(16-14-25)29-21-30(34)31(35)32(22(29)2)39-28-19-17-27(18-20-28)33(36,37)38/h13-21,23-24H,3-12H2,1-2H3. The molecule has 3 aromatic rings. The first-order valence-electron chi connectivity index (χ1n) is 14.1. The van der Waals surface area contributed by atoms with Crippen molar-refractivity contribution < 1.29 is 26.7 Å². The van der Waals surface area contributed by atoms with Crippen LogP contribution in [-0.4, -0.2) is 0 Å². The van der Waals surface area contributed by atoms with E-state index in [0.717, 1.165) is 60.6 Å². The Morgan fingerprint density at radius 2 is 1.44 bits per heavy atom. The van der Waals surface area contributed by atoms with Crippen LogP contribution in [0.3, 0.4) is 0 Å². The minimum atomic E-state index is -4.49. The predicted molar refractivity (Wildman–Crippen MR) is 146 cm³/mol. The lowest BCUT2D eigenvalue weighted by Crippen LogP contribution is -2.15. The molecule has 0 unspecified atom stereocenters. The van der Waals surface area contributed by atoms with E-state index in [2.05, 4.69) is 6.92 Å². The van der Waals surface area contributed by atoms with Gasteiger partial charge in [0.05, 0.1) is 5.56 Å². The molecule has 0 amide bonds. The Balaban J connectivity index is 1.40. The van der Waals surface area contributed by atoms with Crippen molar-refractivity contribution in [3.8, 4) is 22.6 Å². The zero-order chi connectivity index (χ0) is 28.0. The van der Waals surface area contributed by atoms with Crippen molar-refractivity contribution in [3.05, 3.63) is 82.9 Å². The Kier molecular flexibility index (Phi) is 9.68. The van der Waals surface area contributed by atoms with E-state index in [4.69, 9.17) is 4.74 Å². The van der Waals surface area contributed by atoms with Crippen molar-refractivity contribution in [2.45, 2.75) is 84.2 Å². The van der Waals surface area contributed by atoms with E-state index in [1.165, 1.54) is 56.9 Å². The second-order valence-electron chi connectivity index (χ2n) is 10.9. The lowest BCUT2D eigenvalue weighted by Gasteiger charge is -2.28. The molecular weight excluding hydrogens is 507 g/mol. The normalized spacial score (nSPS) is 17.8. The summed E-state index contributed by atoms with van der Waals surface area (Å²) >= 11 is 0. The minimum absolute atomic E-state index is 0.00751. The molecule has 3 aromatic carbocycles. The molecule has 0 radical (unpaired) electrons. The van der Waals surface area contributed by atoms with Crippen molar-refractivity contribution in [1.29, 1.82) is 0 Å². The maximum Gasteiger partial charge on any atom is 0.416 e. The molecular formula is C33H37F5O. The van der Waals surface area contributed by atoms with Crippen molar-refractivity contribution >= 4 is 0 Å². The molecule has 6 heteroatoms. The number of benzene rings is 3. The Labute approximate surface area is 228 Å². The molecule has 0 heterocycles. The van der Waals surface area contributed by atoms with Crippen LogP contribution in [0.25, 0.3) is 11.1 Å². The topological polar surface area (TPSA) is 9.23 Å². The van der Waals surface area contributed by atoms with Gasteiger partial charge < -0.3 is 4.74 Å². The van der Waals surface area contributed by atoms with Gasteiger partial charge in [0.2, 0.25) is 5.82 Å². The van der Waals surface area contributed by atoms with E-state index in [-0.39, 0.29) is 11.5 Å². The maximum atomic E-state index is 14.7. The quantitative estimate of drug-likeness (QED) is 0.182. The SMILES string of the molecule is CCCCCC1CCC(CCc2ccc(-c3cc(F)c(F)c(Oc4ccc(C(F)(F)F)cc4)c3C)cc2)CC1. The fraction of sp³-hybridized carbons (Fsp3) is 0.455. The van der Waals surface area contributed by atoms with Gasteiger partial charge in [-0.1, -0.05) is 82.6 Å². The molecule has 0 saturated heterocycles. The van der Waals surface area contributed by atoms with Crippen LogP contribution in [0.4, 0.5) is 22.0 Å². The van der Waals surface area contributed by atoms with Gasteiger partial charge in [0.25, 0.3) is 0 Å². The van der Waals surface area contributed by atoms with E-state index >= 15 is 0 Å².